The molecule has 0 aromatic heterocycles. The van der Waals surface area contributed by atoms with E-state index >= 15 is 0 Å². The predicted octanol–water partition coefficient (Wildman–Crippen LogP) is 3.26. The summed E-state index contributed by atoms with van der Waals surface area (Å²) in [5, 5.41) is 0.728. The summed E-state index contributed by atoms with van der Waals surface area (Å²) in [6.45, 7) is 2.17. The van der Waals surface area contributed by atoms with E-state index in [9.17, 15) is 0 Å². The second-order valence-corrected chi connectivity index (χ2v) is 3.30. The molecule has 1 aromatic carbocycles. The molecule has 1 rings (SSSR count). The minimum atomic E-state index is 0.685. The van der Waals surface area contributed by atoms with Crippen LogP contribution in [0.5, 0.6) is 0 Å². The van der Waals surface area contributed by atoms with Crippen LogP contribution in [0.4, 0.5) is 5.69 Å². The van der Waals surface area contributed by atoms with Crippen molar-refractivity contribution in [2.45, 2.75) is 26.2 Å². The Morgan fingerprint density at radius 3 is 2.83 bits per heavy atom. The van der Waals surface area contributed by atoms with Crippen LogP contribution in [0.3, 0.4) is 0 Å². The molecule has 0 amide bonds. The number of nitrogen functional groups attached to an aromatic ring is 1. The van der Waals surface area contributed by atoms with Gasteiger partial charge < -0.3 is 5.73 Å². The van der Waals surface area contributed by atoms with Gasteiger partial charge in [-0.25, -0.2) is 0 Å². The average Bonchev–Trinajstić information content (AvgIpc) is 2.08. The Hall–Kier alpha value is -0.690. The lowest BCUT2D eigenvalue weighted by Gasteiger charge is -2.04. The first-order valence-electron chi connectivity index (χ1n) is 4.28. The van der Waals surface area contributed by atoms with Crippen molar-refractivity contribution in [1.82, 2.24) is 0 Å². The second kappa shape index (κ2) is 4.36. The SMILES string of the molecule is CCCCc1cccc(N)c1Cl. The van der Waals surface area contributed by atoms with Gasteiger partial charge in [0.1, 0.15) is 0 Å². The lowest BCUT2D eigenvalue weighted by molar-refractivity contribution is 0.795. The Morgan fingerprint density at radius 2 is 2.17 bits per heavy atom. The summed E-state index contributed by atoms with van der Waals surface area (Å²) < 4.78 is 0. The highest BCUT2D eigenvalue weighted by molar-refractivity contribution is 6.33. The lowest BCUT2D eigenvalue weighted by atomic mass is 10.1. The van der Waals surface area contributed by atoms with E-state index in [4.69, 9.17) is 17.3 Å². The minimum Gasteiger partial charge on any atom is -0.398 e. The van der Waals surface area contributed by atoms with Crippen molar-refractivity contribution in [3.05, 3.63) is 28.8 Å². The van der Waals surface area contributed by atoms with Crippen LogP contribution in [-0.2, 0) is 6.42 Å². The molecule has 0 spiro atoms. The molecule has 0 atom stereocenters. The lowest BCUT2D eigenvalue weighted by Crippen LogP contribution is -1.91. The molecule has 0 aliphatic heterocycles. The number of hydrogen-bond donors (Lipinski definition) is 1. The molecule has 0 fully saturated rings. The zero-order chi connectivity index (χ0) is 8.97. The van der Waals surface area contributed by atoms with Gasteiger partial charge in [0.15, 0.2) is 0 Å². The molecular weight excluding hydrogens is 170 g/mol. The van der Waals surface area contributed by atoms with Crippen LogP contribution in [0, 0.1) is 0 Å². The van der Waals surface area contributed by atoms with Gasteiger partial charge in [0.2, 0.25) is 0 Å². The van der Waals surface area contributed by atoms with Crippen molar-refractivity contribution in [1.29, 1.82) is 0 Å². The van der Waals surface area contributed by atoms with Gasteiger partial charge in [0, 0.05) is 0 Å². The minimum absolute atomic E-state index is 0.685. The van der Waals surface area contributed by atoms with Crippen LogP contribution >= 0.6 is 11.6 Å². The maximum atomic E-state index is 6.00. The monoisotopic (exact) mass is 183 g/mol. The van der Waals surface area contributed by atoms with Crippen LogP contribution in [0.2, 0.25) is 5.02 Å². The molecule has 0 radical (unpaired) electrons. The summed E-state index contributed by atoms with van der Waals surface area (Å²) in [7, 11) is 0. The fraction of sp³-hybridized carbons (Fsp3) is 0.400. The number of unbranched alkanes of at least 4 members (excludes halogenated alkanes) is 1. The summed E-state index contributed by atoms with van der Waals surface area (Å²) in [6.07, 6.45) is 3.38. The molecule has 0 bridgehead atoms. The van der Waals surface area contributed by atoms with Crippen molar-refractivity contribution in [2.24, 2.45) is 0 Å². The molecule has 1 nitrogen and oxygen atoms in total. The smallest absolute Gasteiger partial charge is 0.0667 e. The van der Waals surface area contributed by atoms with Crippen LogP contribution in [0.25, 0.3) is 0 Å². The molecule has 0 saturated carbocycles. The fourth-order valence-electron chi connectivity index (χ4n) is 1.16. The van der Waals surface area contributed by atoms with Crippen LogP contribution in [-0.4, -0.2) is 0 Å². The largest absolute Gasteiger partial charge is 0.398 e. The number of benzene rings is 1. The molecule has 0 aliphatic rings. The van der Waals surface area contributed by atoms with Gasteiger partial charge in [-0.05, 0) is 24.5 Å². The number of rotatable bonds is 3. The standard InChI is InChI=1S/C10H14ClN/c1-2-3-5-8-6-4-7-9(12)10(8)11/h4,6-7H,2-3,5,12H2,1H3. The predicted molar refractivity (Wildman–Crippen MR) is 54.5 cm³/mol. The number of nitrogens with two attached hydrogens (primary N) is 1. The van der Waals surface area contributed by atoms with E-state index < -0.39 is 0 Å². The van der Waals surface area contributed by atoms with Gasteiger partial charge in [0.05, 0.1) is 10.7 Å². The molecule has 66 valence electrons. The first kappa shape index (κ1) is 9.40. The Morgan fingerprint density at radius 1 is 1.42 bits per heavy atom. The second-order valence-electron chi connectivity index (χ2n) is 2.92. The highest BCUT2D eigenvalue weighted by atomic mass is 35.5. The Balaban J connectivity index is 2.78. The Kier molecular flexibility index (Phi) is 3.42. The zero-order valence-corrected chi connectivity index (χ0v) is 8.06. The third-order valence-electron chi connectivity index (χ3n) is 1.91. The van der Waals surface area contributed by atoms with Gasteiger partial charge in [-0.1, -0.05) is 37.1 Å². The van der Waals surface area contributed by atoms with Gasteiger partial charge in [-0.2, -0.15) is 0 Å². The first-order valence-corrected chi connectivity index (χ1v) is 4.66. The van der Waals surface area contributed by atoms with E-state index in [1.165, 1.54) is 18.4 Å². The van der Waals surface area contributed by atoms with E-state index in [0.717, 1.165) is 11.4 Å². The van der Waals surface area contributed by atoms with Crippen molar-refractivity contribution < 1.29 is 0 Å². The third kappa shape index (κ3) is 2.15. The molecule has 0 saturated heterocycles. The number of aryl methyl sites for hydroxylation is 1. The molecular formula is C10H14ClN. The average molecular weight is 184 g/mol. The van der Waals surface area contributed by atoms with Gasteiger partial charge in [-0.3, -0.25) is 0 Å². The van der Waals surface area contributed by atoms with E-state index in [0.29, 0.717) is 5.69 Å². The van der Waals surface area contributed by atoms with Crippen molar-refractivity contribution in [3.63, 3.8) is 0 Å². The van der Waals surface area contributed by atoms with Crippen molar-refractivity contribution in [3.8, 4) is 0 Å². The van der Waals surface area contributed by atoms with E-state index in [1.54, 1.807) is 0 Å². The molecule has 12 heavy (non-hydrogen) atoms. The van der Waals surface area contributed by atoms with E-state index in [1.807, 2.05) is 18.2 Å². The van der Waals surface area contributed by atoms with E-state index in [-0.39, 0.29) is 0 Å². The summed E-state index contributed by atoms with van der Waals surface area (Å²) >= 11 is 6.00. The van der Waals surface area contributed by atoms with Gasteiger partial charge >= 0.3 is 0 Å². The number of halogens is 1. The molecule has 1 aromatic rings. The maximum Gasteiger partial charge on any atom is 0.0667 e. The van der Waals surface area contributed by atoms with Crippen LogP contribution in [0.15, 0.2) is 18.2 Å². The molecule has 0 unspecified atom stereocenters. The topological polar surface area (TPSA) is 26.0 Å². The molecule has 0 aliphatic carbocycles. The highest BCUT2D eigenvalue weighted by Gasteiger charge is 2.01. The Labute approximate surface area is 78.5 Å². The summed E-state index contributed by atoms with van der Waals surface area (Å²) in [4.78, 5) is 0. The maximum absolute atomic E-state index is 6.00. The summed E-state index contributed by atoms with van der Waals surface area (Å²) in [5.41, 5.74) is 7.51. The zero-order valence-electron chi connectivity index (χ0n) is 7.31. The van der Waals surface area contributed by atoms with Gasteiger partial charge in [-0.15, -0.1) is 0 Å². The molecule has 0 heterocycles. The quantitative estimate of drug-likeness (QED) is 0.716. The Bertz CT molecular complexity index is 258. The van der Waals surface area contributed by atoms with Crippen molar-refractivity contribution in [2.75, 3.05) is 5.73 Å². The van der Waals surface area contributed by atoms with Crippen molar-refractivity contribution >= 4 is 17.3 Å². The fourth-order valence-corrected chi connectivity index (χ4v) is 1.38. The summed E-state index contributed by atoms with van der Waals surface area (Å²) in [5.74, 6) is 0. The first-order chi connectivity index (χ1) is 5.75. The van der Waals surface area contributed by atoms with Gasteiger partial charge in [0.25, 0.3) is 0 Å². The highest BCUT2D eigenvalue weighted by Crippen LogP contribution is 2.24. The molecule has 2 N–H and O–H groups in total. The number of hydrogen-bond acceptors (Lipinski definition) is 1. The summed E-state index contributed by atoms with van der Waals surface area (Å²) in [6, 6.07) is 5.82. The molecule has 2 heteroatoms. The number of anilines is 1. The van der Waals surface area contributed by atoms with Crippen LogP contribution < -0.4 is 5.73 Å². The van der Waals surface area contributed by atoms with Crippen LogP contribution in [0.1, 0.15) is 25.3 Å². The normalized spacial score (nSPS) is 10.2. The third-order valence-corrected chi connectivity index (χ3v) is 2.37. The van der Waals surface area contributed by atoms with E-state index in [2.05, 4.69) is 6.92 Å².